The quantitative estimate of drug-likeness (QED) is 0.852. The van der Waals surface area contributed by atoms with Crippen molar-refractivity contribution in [1.82, 2.24) is 0 Å². The number of nitrogens with one attached hydrogen (secondary N) is 1. The molecule has 1 aliphatic rings. The van der Waals surface area contributed by atoms with Crippen molar-refractivity contribution in [3.8, 4) is 0 Å². The van der Waals surface area contributed by atoms with Crippen molar-refractivity contribution in [2.45, 2.75) is 23.2 Å². The Balaban J connectivity index is 1.56. The number of carbonyl (C=O) groups is 2. The molecule has 1 atom stereocenters. The topological polar surface area (TPSA) is 55.4 Å². The molecule has 1 aliphatic heterocycles. The molecule has 1 amide bonds. The van der Waals surface area contributed by atoms with Crippen molar-refractivity contribution in [1.29, 1.82) is 0 Å². The molecule has 0 spiro atoms. The zero-order valence-corrected chi connectivity index (χ0v) is 13.7. The maximum absolute atomic E-state index is 12.0. The summed E-state index contributed by atoms with van der Waals surface area (Å²) < 4.78 is 5.23. The number of anilines is 1. The first kappa shape index (κ1) is 15.9. The van der Waals surface area contributed by atoms with Crippen LogP contribution < -0.4 is 5.32 Å². The molecule has 0 radical (unpaired) electrons. The van der Waals surface area contributed by atoms with E-state index in [0.29, 0.717) is 5.02 Å². The van der Waals surface area contributed by atoms with Crippen LogP contribution in [0.4, 0.5) is 5.69 Å². The van der Waals surface area contributed by atoms with Crippen molar-refractivity contribution in [3.05, 3.63) is 59.1 Å². The van der Waals surface area contributed by atoms with Gasteiger partial charge in [-0.1, -0.05) is 35.9 Å². The van der Waals surface area contributed by atoms with Crippen LogP contribution in [0.5, 0.6) is 0 Å². The number of benzene rings is 2. The Labute approximate surface area is 143 Å². The van der Waals surface area contributed by atoms with Crippen molar-refractivity contribution < 1.29 is 14.3 Å². The predicted molar refractivity (Wildman–Crippen MR) is 90.6 cm³/mol. The molecule has 3 rings (SSSR count). The van der Waals surface area contributed by atoms with Gasteiger partial charge in [0.15, 0.2) is 0 Å². The number of esters is 1. The first-order valence-electron chi connectivity index (χ1n) is 7.08. The number of amides is 1. The van der Waals surface area contributed by atoms with Crippen molar-refractivity contribution >= 4 is 40.9 Å². The summed E-state index contributed by atoms with van der Waals surface area (Å²) in [5.41, 5.74) is 1.64. The summed E-state index contributed by atoms with van der Waals surface area (Å²) in [4.78, 5) is 25.0. The molecule has 0 aromatic heterocycles. The number of hydrogen-bond donors (Lipinski definition) is 1. The summed E-state index contributed by atoms with van der Waals surface area (Å²) in [6.45, 7) is 0.172. The third-order valence-electron chi connectivity index (χ3n) is 3.37. The van der Waals surface area contributed by atoms with Gasteiger partial charge in [0.2, 0.25) is 5.91 Å². The van der Waals surface area contributed by atoms with Gasteiger partial charge >= 0.3 is 5.97 Å². The molecular weight excluding hydrogens is 334 g/mol. The molecule has 2 aromatic carbocycles. The molecule has 23 heavy (non-hydrogen) atoms. The average molecular weight is 348 g/mol. The van der Waals surface area contributed by atoms with Gasteiger partial charge in [-0.15, -0.1) is 11.8 Å². The molecule has 0 saturated carbocycles. The molecule has 0 saturated heterocycles. The summed E-state index contributed by atoms with van der Waals surface area (Å²) in [6.07, 6.45) is 0.0401. The van der Waals surface area contributed by atoms with Gasteiger partial charge in [0.1, 0.15) is 6.61 Å². The fourth-order valence-corrected chi connectivity index (χ4v) is 3.40. The number of rotatable bonds is 4. The monoisotopic (exact) mass is 347 g/mol. The van der Waals surface area contributed by atoms with Gasteiger partial charge in [-0.25, -0.2) is 0 Å². The molecule has 0 unspecified atom stereocenters. The Morgan fingerprint density at radius 2 is 1.91 bits per heavy atom. The SMILES string of the molecule is O=C(C[C@@H]1Sc2ccccc2NC1=O)OCc1ccc(Cl)cc1. The van der Waals surface area contributed by atoms with Crippen LogP contribution in [0.15, 0.2) is 53.4 Å². The highest BCUT2D eigenvalue weighted by Gasteiger charge is 2.29. The lowest BCUT2D eigenvalue weighted by Crippen LogP contribution is -2.31. The van der Waals surface area contributed by atoms with Gasteiger partial charge in [-0.2, -0.15) is 0 Å². The lowest BCUT2D eigenvalue weighted by atomic mass is 10.2. The highest BCUT2D eigenvalue weighted by molar-refractivity contribution is 8.01. The lowest BCUT2D eigenvalue weighted by molar-refractivity contribution is -0.145. The molecule has 0 aliphatic carbocycles. The molecule has 4 nitrogen and oxygen atoms in total. The largest absolute Gasteiger partial charge is 0.461 e. The number of carbonyl (C=O) groups excluding carboxylic acids is 2. The van der Waals surface area contributed by atoms with Gasteiger partial charge in [-0.3, -0.25) is 9.59 Å². The number of ether oxygens (including phenoxy) is 1. The minimum atomic E-state index is -0.470. The van der Waals surface area contributed by atoms with Crippen molar-refractivity contribution in [3.63, 3.8) is 0 Å². The van der Waals surface area contributed by atoms with Crippen LogP contribution in [0.3, 0.4) is 0 Å². The number of hydrogen-bond acceptors (Lipinski definition) is 4. The Kier molecular flexibility index (Phi) is 4.88. The minimum absolute atomic E-state index is 0.0401. The smallest absolute Gasteiger partial charge is 0.307 e. The molecule has 6 heteroatoms. The summed E-state index contributed by atoms with van der Waals surface area (Å²) in [6, 6.07) is 14.6. The fourth-order valence-electron chi connectivity index (χ4n) is 2.18. The number of halogens is 1. The number of thioether (sulfide) groups is 1. The van der Waals surface area contributed by atoms with Crippen LogP contribution >= 0.6 is 23.4 Å². The Hall–Kier alpha value is -1.98. The normalized spacial score (nSPS) is 16.4. The number of para-hydroxylation sites is 1. The van der Waals surface area contributed by atoms with E-state index in [9.17, 15) is 9.59 Å². The Bertz CT molecular complexity index is 733. The summed E-state index contributed by atoms with van der Waals surface area (Å²) >= 11 is 7.19. The first-order chi connectivity index (χ1) is 11.1. The van der Waals surface area contributed by atoms with Crippen LogP contribution in [0.1, 0.15) is 12.0 Å². The average Bonchev–Trinajstić information content (AvgIpc) is 2.55. The molecule has 2 aromatic rings. The Morgan fingerprint density at radius 1 is 1.17 bits per heavy atom. The van der Waals surface area contributed by atoms with E-state index >= 15 is 0 Å². The molecule has 1 N–H and O–H groups in total. The molecular formula is C17H14ClNO3S. The van der Waals surface area contributed by atoms with Gasteiger partial charge in [0, 0.05) is 9.92 Å². The van der Waals surface area contributed by atoms with Gasteiger partial charge in [0.05, 0.1) is 17.4 Å². The summed E-state index contributed by atoms with van der Waals surface area (Å²) in [5.74, 6) is -0.566. The molecule has 1 heterocycles. The minimum Gasteiger partial charge on any atom is -0.461 e. The predicted octanol–water partition coefficient (Wildman–Crippen LogP) is 3.89. The number of fused-ring (bicyclic) bond motifs is 1. The zero-order valence-electron chi connectivity index (χ0n) is 12.1. The maximum atomic E-state index is 12.0. The summed E-state index contributed by atoms with van der Waals surface area (Å²) in [5, 5.41) is 2.98. The van der Waals surface area contributed by atoms with Crippen LogP contribution in [0.2, 0.25) is 5.02 Å². The molecule has 0 bridgehead atoms. The van der Waals surface area contributed by atoms with E-state index < -0.39 is 11.2 Å². The van der Waals surface area contributed by atoms with E-state index in [-0.39, 0.29) is 18.9 Å². The van der Waals surface area contributed by atoms with Crippen molar-refractivity contribution in [2.75, 3.05) is 5.32 Å². The molecule has 0 fully saturated rings. The van der Waals surface area contributed by atoms with Gasteiger partial charge < -0.3 is 10.1 Å². The third kappa shape index (κ3) is 4.06. The van der Waals surface area contributed by atoms with E-state index in [1.54, 1.807) is 24.3 Å². The Morgan fingerprint density at radius 3 is 2.70 bits per heavy atom. The van der Waals surface area contributed by atoms with Crippen LogP contribution in [0.25, 0.3) is 0 Å². The molecule has 118 valence electrons. The van der Waals surface area contributed by atoms with Crippen molar-refractivity contribution in [2.24, 2.45) is 0 Å². The fraction of sp³-hybridized carbons (Fsp3) is 0.176. The third-order valence-corrected chi connectivity index (χ3v) is 4.90. The van der Waals surface area contributed by atoms with Crippen LogP contribution in [0, 0.1) is 0 Å². The van der Waals surface area contributed by atoms with E-state index in [2.05, 4.69) is 5.32 Å². The van der Waals surface area contributed by atoms with E-state index in [4.69, 9.17) is 16.3 Å². The van der Waals surface area contributed by atoms with Crippen LogP contribution in [-0.2, 0) is 20.9 Å². The van der Waals surface area contributed by atoms with E-state index in [0.717, 1.165) is 16.1 Å². The van der Waals surface area contributed by atoms with E-state index in [1.165, 1.54) is 11.8 Å². The standard InChI is InChI=1S/C17H14ClNO3S/c18-12-7-5-11(6-8-12)10-22-16(20)9-15-17(21)19-13-3-1-2-4-14(13)23-15/h1-8,15H,9-10H2,(H,19,21)/t15-/m0/s1. The van der Waals surface area contributed by atoms with Gasteiger partial charge in [0.25, 0.3) is 0 Å². The summed E-state index contributed by atoms with van der Waals surface area (Å²) in [7, 11) is 0. The second kappa shape index (κ2) is 7.06. The van der Waals surface area contributed by atoms with Gasteiger partial charge in [-0.05, 0) is 29.8 Å². The lowest BCUT2D eigenvalue weighted by Gasteiger charge is -2.23. The second-order valence-electron chi connectivity index (χ2n) is 5.08. The van der Waals surface area contributed by atoms with Crippen LogP contribution in [-0.4, -0.2) is 17.1 Å². The highest BCUT2D eigenvalue weighted by atomic mass is 35.5. The maximum Gasteiger partial charge on any atom is 0.307 e. The second-order valence-corrected chi connectivity index (χ2v) is 6.76. The highest BCUT2D eigenvalue weighted by Crippen LogP contribution is 2.36. The van der Waals surface area contributed by atoms with E-state index in [1.807, 2.05) is 24.3 Å². The first-order valence-corrected chi connectivity index (χ1v) is 8.34. The zero-order chi connectivity index (χ0) is 16.2.